The third-order valence-corrected chi connectivity index (χ3v) is 2.25. The Morgan fingerprint density at radius 1 is 1.54 bits per heavy atom. The van der Waals surface area contributed by atoms with E-state index < -0.39 is 11.5 Å². The summed E-state index contributed by atoms with van der Waals surface area (Å²) in [4.78, 5) is 12.6. The van der Waals surface area contributed by atoms with Crippen LogP contribution in [0.1, 0.15) is 20.8 Å². The molecule has 0 aliphatic heterocycles. The maximum atomic E-state index is 10.8. The van der Waals surface area contributed by atoms with Crippen LogP contribution >= 0.6 is 0 Å². The Labute approximate surface area is 79.5 Å². The smallest absolute Gasteiger partial charge is 0.323 e. The molecule has 0 heterocycles. The Bertz CT molecular complexity index is 168. The van der Waals surface area contributed by atoms with Gasteiger partial charge < -0.3 is 9.84 Å². The van der Waals surface area contributed by atoms with Gasteiger partial charge in [-0.05, 0) is 27.8 Å². The van der Waals surface area contributed by atoms with E-state index in [1.807, 2.05) is 6.92 Å². The van der Waals surface area contributed by atoms with Crippen LogP contribution in [0.4, 0.5) is 0 Å². The van der Waals surface area contributed by atoms with Crippen molar-refractivity contribution in [2.45, 2.75) is 26.3 Å². The first kappa shape index (κ1) is 12.4. The van der Waals surface area contributed by atoms with E-state index in [0.717, 1.165) is 0 Å². The number of hydrogen-bond donors (Lipinski definition) is 1. The summed E-state index contributed by atoms with van der Waals surface area (Å²) in [5.74, 6) is -0.813. The van der Waals surface area contributed by atoms with E-state index >= 15 is 0 Å². The van der Waals surface area contributed by atoms with Gasteiger partial charge in [-0.3, -0.25) is 9.69 Å². The lowest BCUT2D eigenvalue weighted by atomic mass is 10.0. The van der Waals surface area contributed by atoms with Crippen LogP contribution in [0.15, 0.2) is 0 Å². The van der Waals surface area contributed by atoms with Gasteiger partial charge in [-0.15, -0.1) is 0 Å². The number of nitrogens with zero attached hydrogens (tertiary/aromatic N) is 1. The van der Waals surface area contributed by atoms with E-state index in [2.05, 4.69) is 0 Å². The third kappa shape index (κ3) is 3.74. The fraction of sp³-hybridized carbons (Fsp3) is 0.889. The van der Waals surface area contributed by atoms with Gasteiger partial charge in [0.25, 0.3) is 0 Å². The Morgan fingerprint density at radius 2 is 2.08 bits per heavy atom. The minimum atomic E-state index is -0.822. The van der Waals surface area contributed by atoms with Gasteiger partial charge in [0, 0.05) is 13.2 Å². The van der Waals surface area contributed by atoms with Crippen LogP contribution in [0.25, 0.3) is 0 Å². The summed E-state index contributed by atoms with van der Waals surface area (Å²) in [5, 5.41) is 8.89. The summed E-state index contributed by atoms with van der Waals surface area (Å²) in [5.41, 5.74) is -0.822. The number of carbonyl (C=O) groups is 1. The largest absolute Gasteiger partial charge is 0.480 e. The molecular formula is C9H19NO3. The van der Waals surface area contributed by atoms with Crippen molar-refractivity contribution in [1.29, 1.82) is 0 Å². The molecule has 78 valence electrons. The highest BCUT2D eigenvalue weighted by Gasteiger charge is 2.31. The number of hydrogen-bond acceptors (Lipinski definition) is 3. The van der Waals surface area contributed by atoms with E-state index in [0.29, 0.717) is 19.8 Å². The molecule has 0 saturated heterocycles. The van der Waals surface area contributed by atoms with Crippen LogP contribution in [0, 0.1) is 0 Å². The molecule has 0 unspecified atom stereocenters. The van der Waals surface area contributed by atoms with Crippen molar-refractivity contribution in [2.75, 3.05) is 26.8 Å². The molecule has 0 spiro atoms. The van der Waals surface area contributed by atoms with Gasteiger partial charge in [-0.2, -0.15) is 0 Å². The second kappa shape index (κ2) is 5.19. The zero-order valence-corrected chi connectivity index (χ0v) is 8.83. The van der Waals surface area contributed by atoms with Gasteiger partial charge in [-0.25, -0.2) is 0 Å². The molecule has 13 heavy (non-hydrogen) atoms. The van der Waals surface area contributed by atoms with E-state index in [-0.39, 0.29) is 0 Å². The predicted molar refractivity (Wildman–Crippen MR) is 50.8 cm³/mol. The van der Waals surface area contributed by atoms with Crippen LogP contribution in [-0.4, -0.2) is 48.3 Å². The zero-order chi connectivity index (χ0) is 10.5. The molecule has 0 bridgehead atoms. The monoisotopic (exact) mass is 189 g/mol. The minimum Gasteiger partial charge on any atom is -0.480 e. The first-order valence-corrected chi connectivity index (χ1v) is 4.45. The summed E-state index contributed by atoms with van der Waals surface area (Å²) in [6.07, 6.45) is 0. The molecule has 0 aromatic carbocycles. The molecule has 0 rings (SSSR count). The van der Waals surface area contributed by atoms with E-state index in [4.69, 9.17) is 9.84 Å². The highest BCUT2D eigenvalue weighted by Crippen LogP contribution is 2.11. The lowest BCUT2D eigenvalue weighted by molar-refractivity contribution is -0.148. The van der Waals surface area contributed by atoms with Crippen molar-refractivity contribution in [3.63, 3.8) is 0 Å². The zero-order valence-electron chi connectivity index (χ0n) is 8.83. The summed E-state index contributed by atoms with van der Waals surface area (Å²) in [6.45, 7) is 7.16. The minimum absolute atomic E-state index is 0.573. The lowest BCUT2D eigenvalue weighted by Crippen LogP contribution is -2.49. The average Bonchev–Trinajstić information content (AvgIpc) is 2.04. The van der Waals surface area contributed by atoms with Crippen LogP contribution in [0.3, 0.4) is 0 Å². The van der Waals surface area contributed by atoms with Gasteiger partial charge in [0.05, 0.1) is 6.61 Å². The van der Waals surface area contributed by atoms with Crippen molar-refractivity contribution >= 4 is 5.97 Å². The molecule has 0 radical (unpaired) electrons. The number of aliphatic carboxylic acids is 1. The number of likely N-dealkylation sites (N-methyl/N-ethyl adjacent to an activating group) is 1. The van der Waals surface area contributed by atoms with Crippen molar-refractivity contribution in [2.24, 2.45) is 0 Å². The molecule has 0 aromatic heterocycles. The summed E-state index contributed by atoms with van der Waals surface area (Å²) >= 11 is 0. The fourth-order valence-corrected chi connectivity index (χ4v) is 0.789. The SMILES string of the molecule is CCOCCN(C)C(C)(C)C(=O)O. The molecule has 0 atom stereocenters. The van der Waals surface area contributed by atoms with Crippen LogP contribution in [-0.2, 0) is 9.53 Å². The van der Waals surface area contributed by atoms with Crippen molar-refractivity contribution < 1.29 is 14.6 Å². The quantitative estimate of drug-likeness (QED) is 0.628. The second-order valence-corrected chi connectivity index (χ2v) is 3.48. The van der Waals surface area contributed by atoms with Gasteiger partial charge in [0.15, 0.2) is 0 Å². The maximum absolute atomic E-state index is 10.8. The van der Waals surface area contributed by atoms with Gasteiger partial charge in [-0.1, -0.05) is 0 Å². The fourth-order valence-electron chi connectivity index (χ4n) is 0.789. The Balaban J connectivity index is 3.94. The number of carboxylic acid groups (broad SMARTS) is 1. The van der Waals surface area contributed by atoms with Gasteiger partial charge >= 0.3 is 5.97 Å². The van der Waals surface area contributed by atoms with Gasteiger partial charge in [0.2, 0.25) is 0 Å². The Morgan fingerprint density at radius 3 is 2.46 bits per heavy atom. The van der Waals surface area contributed by atoms with Crippen LogP contribution in [0.5, 0.6) is 0 Å². The van der Waals surface area contributed by atoms with Crippen molar-refractivity contribution in [1.82, 2.24) is 4.90 Å². The number of rotatable bonds is 6. The molecule has 0 saturated carbocycles. The van der Waals surface area contributed by atoms with Crippen molar-refractivity contribution in [3.05, 3.63) is 0 Å². The molecule has 0 aliphatic carbocycles. The van der Waals surface area contributed by atoms with E-state index in [9.17, 15) is 4.79 Å². The third-order valence-electron chi connectivity index (χ3n) is 2.25. The molecule has 1 N–H and O–H groups in total. The Hall–Kier alpha value is -0.610. The first-order valence-electron chi connectivity index (χ1n) is 4.45. The van der Waals surface area contributed by atoms with Crippen LogP contribution < -0.4 is 0 Å². The topological polar surface area (TPSA) is 49.8 Å². The molecular weight excluding hydrogens is 170 g/mol. The standard InChI is InChI=1S/C9H19NO3/c1-5-13-7-6-10(4)9(2,3)8(11)12/h5-7H2,1-4H3,(H,11,12). The summed E-state index contributed by atoms with van der Waals surface area (Å²) < 4.78 is 5.14. The summed E-state index contributed by atoms with van der Waals surface area (Å²) in [6, 6.07) is 0. The Kier molecular flexibility index (Phi) is 4.95. The maximum Gasteiger partial charge on any atom is 0.323 e. The highest BCUT2D eigenvalue weighted by atomic mass is 16.5. The normalized spacial score (nSPS) is 12.1. The van der Waals surface area contributed by atoms with E-state index in [1.54, 1.807) is 25.8 Å². The van der Waals surface area contributed by atoms with E-state index in [1.165, 1.54) is 0 Å². The lowest BCUT2D eigenvalue weighted by Gasteiger charge is -2.31. The molecule has 0 amide bonds. The van der Waals surface area contributed by atoms with Crippen molar-refractivity contribution in [3.8, 4) is 0 Å². The molecule has 0 aromatic rings. The number of ether oxygens (including phenoxy) is 1. The first-order chi connectivity index (χ1) is 5.92. The van der Waals surface area contributed by atoms with Gasteiger partial charge in [0.1, 0.15) is 5.54 Å². The number of carboxylic acids is 1. The predicted octanol–water partition coefficient (Wildman–Crippen LogP) is 0.818. The summed E-state index contributed by atoms with van der Waals surface area (Å²) in [7, 11) is 1.78. The van der Waals surface area contributed by atoms with Crippen LogP contribution in [0.2, 0.25) is 0 Å². The average molecular weight is 189 g/mol. The molecule has 4 nitrogen and oxygen atoms in total. The molecule has 0 aliphatic rings. The molecule has 4 heteroatoms. The molecule has 0 fully saturated rings. The second-order valence-electron chi connectivity index (χ2n) is 3.48. The highest BCUT2D eigenvalue weighted by molar-refractivity contribution is 5.77.